The van der Waals surface area contributed by atoms with E-state index >= 15 is 0 Å². The Labute approximate surface area is 146 Å². The lowest BCUT2D eigenvalue weighted by atomic mass is 9.96. The Balaban J connectivity index is 1.90. The average Bonchev–Trinajstić information content (AvgIpc) is 2.51. The topological polar surface area (TPSA) is 58.6 Å². The van der Waals surface area contributed by atoms with Crippen LogP contribution in [0.15, 0.2) is 27.1 Å². The van der Waals surface area contributed by atoms with Crippen LogP contribution >= 0.6 is 31.9 Å². The molecule has 7 heteroatoms. The Kier molecular flexibility index (Phi) is 6.26. The van der Waals surface area contributed by atoms with Crippen LogP contribution in [-0.4, -0.2) is 36.6 Å². The molecular weight excluding hydrogens is 416 g/mol. The van der Waals surface area contributed by atoms with Crippen molar-refractivity contribution in [2.75, 3.05) is 25.0 Å². The van der Waals surface area contributed by atoms with Crippen molar-refractivity contribution in [2.45, 2.75) is 19.8 Å². The second-order valence-electron chi connectivity index (χ2n) is 5.07. The van der Waals surface area contributed by atoms with Gasteiger partial charge in [0.2, 0.25) is 5.91 Å². The number of likely N-dealkylation sites (tertiary alicyclic amines) is 1. The SMILES string of the molecule is CCOC(=O)N1CCC(C(=O)Nc2cc(Br)ccc2Br)CC1. The molecule has 1 aliphatic heterocycles. The summed E-state index contributed by atoms with van der Waals surface area (Å²) >= 11 is 6.81. The molecule has 0 aliphatic carbocycles. The molecule has 0 saturated carbocycles. The number of hydrogen-bond acceptors (Lipinski definition) is 3. The zero-order chi connectivity index (χ0) is 16.1. The van der Waals surface area contributed by atoms with Gasteiger partial charge >= 0.3 is 6.09 Å². The summed E-state index contributed by atoms with van der Waals surface area (Å²) in [5.41, 5.74) is 0.743. The van der Waals surface area contributed by atoms with Crippen molar-refractivity contribution in [3.05, 3.63) is 27.1 Å². The van der Waals surface area contributed by atoms with E-state index in [2.05, 4.69) is 37.2 Å². The number of benzene rings is 1. The summed E-state index contributed by atoms with van der Waals surface area (Å²) in [4.78, 5) is 25.6. The number of halogens is 2. The first-order chi connectivity index (χ1) is 10.5. The molecule has 1 fully saturated rings. The Morgan fingerprint density at radius 2 is 2.00 bits per heavy atom. The summed E-state index contributed by atoms with van der Waals surface area (Å²) in [6.45, 7) is 3.26. The third-order valence-corrected chi connectivity index (χ3v) is 4.76. The van der Waals surface area contributed by atoms with Gasteiger partial charge in [0.15, 0.2) is 0 Å². The molecule has 2 rings (SSSR count). The van der Waals surface area contributed by atoms with Gasteiger partial charge in [-0.3, -0.25) is 4.79 Å². The minimum atomic E-state index is -0.295. The molecule has 1 aromatic carbocycles. The molecule has 1 heterocycles. The van der Waals surface area contributed by atoms with Crippen LogP contribution in [-0.2, 0) is 9.53 Å². The third-order valence-electron chi connectivity index (χ3n) is 3.58. The fraction of sp³-hybridized carbons (Fsp3) is 0.467. The fourth-order valence-electron chi connectivity index (χ4n) is 2.37. The maximum Gasteiger partial charge on any atom is 0.409 e. The largest absolute Gasteiger partial charge is 0.450 e. The van der Waals surface area contributed by atoms with Crippen LogP contribution in [0.3, 0.4) is 0 Å². The Morgan fingerprint density at radius 1 is 1.32 bits per heavy atom. The maximum atomic E-state index is 12.4. The highest BCUT2D eigenvalue weighted by molar-refractivity contribution is 9.11. The lowest BCUT2D eigenvalue weighted by Crippen LogP contribution is -2.41. The van der Waals surface area contributed by atoms with Crippen molar-refractivity contribution in [3.63, 3.8) is 0 Å². The summed E-state index contributed by atoms with van der Waals surface area (Å²) in [6, 6.07) is 5.64. The quantitative estimate of drug-likeness (QED) is 0.783. The minimum Gasteiger partial charge on any atom is -0.450 e. The van der Waals surface area contributed by atoms with E-state index in [1.807, 2.05) is 18.2 Å². The number of hydrogen-bond donors (Lipinski definition) is 1. The van der Waals surface area contributed by atoms with Gasteiger partial charge in [-0.25, -0.2) is 4.79 Å². The molecular formula is C15H18Br2N2O3. The second-order valence-corrected chi connectivity index (χ2v) is 6.84. The molecule has 5 nitrogen and oxygen atoms in total. The Morgan fingerprint density at radius 3 is 2.64 bits per heavy atom. The van der Waals surface area contributed by atoms with E-state index in [-0.39, 0.29) is 17.9 Å². The van der Waals surface area contributed by atoms with Crippen molar-refractivity contribution in [2.24, 2.45) is 5.92 Å². The van der Waals surface area contributed by atoms with E-state index < -0.39 is 0 Å². The summed E-state index contributed by atoms with van der Waals surface area (Å²) in [5, 5.41) is 2.94. The van der Waals surface area contributed by atoms with E-state index in [4.69, 9.17) is 4.74 Å². The molecule has 120 valence electrons. The fourth-order valence-corrected chi connectivity index (χ4v) is 3.07. The number of nitrogens with one attached hydrogen (secondary N) is 1. The van der Waals surface area contributed by atoms with E-state index in [9.17, 15) is 9.59 Å². The normalized spacial score (nSPS) is 15.5. The van der Waals surface area contributed by atoms with E-state index in [1.165, 1.54) is 0 Å². The number of nitrogens with zero attached hydrogens (tertiary/aromatic N) is 1. The zero-order valence-corrected chi connectivity index (χ0v) is 15.4. The molecule has 1 N–H and O–H groups in total. The van der Waals surface area contributed by atoms with Crippen LogP contribution in [0.25, 0.3) is 0 Å². The average molecular weight is 434 g/mol. The lowest BCUT2D eigenvalue weighted by Gasteiger charge is -2.30. The molecule has 1 aromatic rings. The molecule has 0 aromatic heterocycles. The van der Waals surface area contributed by atoms with Crippen LogP contribution < -0.4 is 5.32 Å². The van der Waals surface area contributed by atoms with Gasteiger partial charge in [-0.05, 0) is 53.9 Å². The van der Waals surface area contributed by atoms with Crippen molar-refractivity contribution >= 4 is 49.5 Å². The van der Waals surface area contributed by atoms with Gasteiger partial charge < -0.3 is 15.0 Å². The van der Waals surface area contributed by atoms with Gasteiger partial charge in [-0.1, -0.05) is 15.9 Å². The summed E-state index contributed by atoms with van der Waals surface area (Å²) in [6.07, 6.45) is 1.00. The van der Waals surface area contributed by atoms with Crippen LogP contribution in [0.1, 0.15) is 19.8 Å². The van der Waals surface area contributed by atoms with Gasteiger partial charge in [0, 0.05) is 28.0 Å². The zero-order valence-electron chi connectivity index (χ0n) is 12.3. The number of carbonyl (C=O) groups is 2. The van der Waals surface area contributed by atoms with Gasteiger partial charge in [-0.15, -0.1) is 0 Å². The van der Waals surface area contributed by atoms with E-state index in [0.29, 0.717) is 32.5 Å². The first-order valence-electron chi connectivity index (χ1n) is 7.19. The van der Waals surface area contributed by atoms with Crippen LogP contribution in [0.5, 0.6) is 0 Å². The van der Waals surface area contributed by atoms with Crippen molar-refractivity contribution in [3.8, 4) is 0 Å². The first-order valence-corrected chi connectivity index (χ1v) is 8.77. The van der Waals surface area contributed by atoms with Crippen LogP contribution in [0, 0.1) is 5.92 Å². The number of rotatable bonds is 3. The number of carbonyl (C=O) groups excluding carboxylic acids is 2. The molecule has 1 saturated heterocycles. The number of anilines is 1. The summed E-state index contributed by atoms with van der Waals surface area (Å²) in [7, 11) is 0. The Hall–Kier alpha value is -1.08. The number of ether oxygens (including phenoxy) is 1. The van der Waals surface area contributed by atoms with Crippen molar-refractivity contribution < 1.29 is 14.3 Å². The third kappa shape index (κ3) is 4.46. The molecule has 1 aliphatic rings. The predicted octanol–water partition coefficient (Wildman–Crippen LogP) is 4.02. The molecule has 0 spiro atoms. The molecule has 0 unspecified atom stereocenters. The summed E-state index contributed by atoms with van der Waals surface area (Å²) < 4.78 is 6.72. The minimum absolute atomic E-state index is 0.0118. The molecule has 22 heavy (non-hydrogen) atoms. The van der Waals surface area contributed by atoms with Gasteiger partial charge in [0.25, 0.3) is 0 Å². The monoisotopic (exact) mass is 432 g/mol. The lowest BCUT2D eigenvalue weighted by molar-refractivity contribution is -0.121. The van der Waals surface area contributed by atoms with Crippen LogP contribution in [0.4, 0.5) is 10.5 Å². The highest BCUT2D eigenvalue weighted by Gasteiger charge is 2.28. The molecule has 0 radical (unpaired) electrons. The first kappa shape index (κ1) is 17.3. The van der Waals surface area contributed by atoms with Gasteiger partial charge in [0.05, 0.1) is 12.3 Å². The van der Waals surface area contributed by atoms with Gasteiger partial charge in [0.1, 0.15) is 0 Å². The van der Waals surface area contributed by atoms with E-state index in [0.717, 1.165) is 14.6 Å². The van der Waals surface area contributed by atoms with Crippen molar-refractivity contribution in [1.82, 2.24) is 4.90 Å². The standard InChI is InChI=1S/C15H18Br2N2O3/c1-2-22-15(21)19-7-5-10(6-8-19)14(20)18-13-9-11(16)3-4-12(13)17/h3-4,9-10H,2,5-8H2,1H3,(H,18,20). The summed E-state index contributed by atoms with van der Waals surface area (Å²) in [5.74, 6) is -0.0983. The maximum absolute atomic E-state index is 12.4. The highest BCUT2D eigenvalue weighted by atomic mass is 79.9. The number of piperidine rings is 1. The predicted molar refractivity (Wildman–Crippen MR) is 91.8 cm³/mol. The molecule has 0 atom stereocenters. The van der Waals surface area contributed by atoms with Crippen molar-refractivity contribution in [1.29, 1.82) is 0 Å². The van der Waals surface area contributed by atoms with Gasteiger partial charge in [-0.2, -0.15) is 0 Å². The van der Waals surface area contributed by atoms with Crippen LogP contribution in [0.2, 0.25) is 0 Å². The van der Waals surface area contributed by atoms with E-state index in [1.54, 1.807) is 11.8 Å². The smallest absolute Gasteiger partial charge is 0.409 e. The molecule has 2 amide bonds. The highest BCUT2D eigenvalue weighted by Crippen LogP contribution is 2.28. The number of amides is 2. The second kappa shape index (κ2) is 7.97. The Bertz CT molecular complexity index is 558. The molecule has 0 bridgehead atoms.